The molecular weight excluding hydrogens is 564 g/mol. The topological polar surface area (TPSA) is 151 Å². The maximum absolute atomic E-state index is 13.3. The summed E-state index contributed by atoms with van der Waals surface area (Å²) in [7, 11) is 1.50. The Labute approximate surface area is 255 Å². The predicted octanol–water partition coefficient (Wildman–Crippen LogP) is 5.46. The molecule has 1 atom stereocenters. The second kappa shape index (κ2) is 14.3. The highest BCUT2D eigenvalue weighted by Crippen LogP contribution is 2.29. The molecule has 0 saturated heterocycles. The SMILES string of the molecule is COc1cc(/C=C/C(=O)NO)ccc1OC[C@H](Cc1c[nH]c2ccccc12)NC(=O)c1ccc(NC(=O)OC(C)(C)C)cc1. The lowest BCUT2D eigenvalue weighted by molar-refractivity contribution is -0.124. The first-order chi connectivity index (χ1) is 21.0. The minimum Gasteiger partial charge on any atom is -0.493 e. The van der Waals surface area contributed by atoms with Crippen LogP contribution in [0.15, 0.2) is 79.0 Å². The largest absolute Gasteiger partial charge is 0.493 e. The first-order valence-electron chi connectivity index (χ1n) is 13.9. The number of benzene rings is 3. The van der Waals surface area contributed by atoms with Crippen molar-refractivity contribution in [2.75, 3.05) is 19.0 Å². The number of hydrogen-bond acceptors (Lipinski definition) is 7. The van der Waals surface area contributed by atoms with Crippen LogP contribution in [0.25, 0.3) is 17.0 Å². The third kappa shape index (κ3) is 8.85. The van der Waals surface area contributed by atoms with Gasteiger partial charge in [0.1, 0.15) is 12.2 Å². The number of hydroxylamine groups is 1. The fourth-order valence-electron chi connectivity index (χ4n) is 4.42. The Balaban J connectivity index is 1.49. The third-order valence-electron chi connectivity index (χ3n) is 6.43. The summed E-state index contributed by atoms with van der Waals surface area (Å²) in [5, 5.41) is 15.5. The molecule has 0 aliphatic carbocycles. The first-order valence-corrected chi connectivity index (χ1v) is 13.9. The van der Waals surface area contributed by atoms with Gasteiger partial charge in [0.15, 0.2) is 11.5 Å². The van der Waals surface area contributed by atoms with Crippen LogP contribution in [-0.4, -0.2) is 53.5 Å². The van der Waals surface area contributed by atoms with E-state index in [-0.39, 0.29) is 12.5 Å². The summed E-state index contributed by atoms with van der Waals surface area (Å²) in [6.07, 6.45) is 4.52. The number of methoxy groups -OCH3 is 1. The van der Waals surface area contributed by atoms with Crippen molar-refractivity contribution in [3.05, 3.63) is 95.7 Å². The van der Waals surface area contributed by atoms with Gasteiger partial charge in [-0.05, 0) is 86.9 Å². The number of nitrogens with one attached hydrogen (secondary N) is 4. The van der Waals surface area contributed by atoms with Crippen LogP contribution in [0.2, 0.25) is 0 Å². The number of ether oxygens (including phenoxy) is 3. The first kappa shape index (κ1) is 31.6. The molecule has 11 heteroatoms. The van der Waals surface area contributed by atoms with Crippen molar-refractivity contribution in [3.63, 3.8) is 0 Å². The van der Waals surface area contributed by atoms with Crippen LogP contribution in [0, 0.1) is 0 Å². The lowest BCUT2D eigenvalue weighted by Crippen LogP contribution is -2.40. The van der Waals surface area contributed by atoms with Crippen LogP contribution in [0.5, 0.6) is 11.5 Å². The van der Waals surface area contributed by atoms with Gasteiger partial charge >= 0.3 is 6.09 Å². The Kier molecular flexibility index (Phi) is 10.3. The number of para-hydroxylation sites is 1. The monoisotopic (exact) mass is 600 g/mol. The molecule has 4 aromatic rings. The molecule has 0 unspecified atom stereocenters. The normalized spacial score (nSPS) is 12.0. The van der Waals surface area contributed by atoms with Crippen molar-refractivity contribution in [3.8, 4) is 11.5 Å². The van der Waals surface area contributed by atoms with Crippen molar-refractivity contribution in [1.82, 2.24) is 15.8 Å². The molecule has 1 aromatic heterocycles. The molecule has 3 aromatic carbocycles. The molecule has 0 bridgehead atoms. The fraction of sp³-hybridized carbons (Fsp3) is 0.242. The Morgan fingerprint density at radius 2 is 1.75 bits per heavy atom. The van der Waals surface area contributed by atoms with Crippen LogP contribution >= 0.6 is 0 Å². The molecule has 3 amide bonds. The molecule has 5 N–H and O–H groups in total. The maximum atomic E-state index is 13.3. The average molecular weight is 601 g/mol. The summed E-state index contributed by atoms with van der Waals surface area (Å²) in [4.78, 5) is 40.0. The van der Waals surface area contributed by atoms with Gasteiger partial charge in [-0.2, -0.15) is 0 Å². The third-order valence-corrected chi connectivity index (χ3v) is 6.43. The molecule has 0 radical (unpaired) electrons. The second-order valence-electron chi connectivity index (χ2n) is 11.0. The van der Waals surface area contributed by atoms with Crippen LogP contribution < -0.4 is 25.6 Å². The number of rotatable bonds is 11. The number of aromatic amines is 1. The standard InChI is InChI=1S/C33H36N4O7/c1-33(2,3)44-32(40)36-24-13-11-22(12-14-24)31(39)35-25(18-23-19-34-27-8-6-5-7-26(23)27)20-43-28-15-9-21(17-29(28)42-4)10-16-30(38)37-41/h5-17,19,25,34,41H,18,20H2,1-4H3,(H,35,39)(H,36,40)(H,37,38)/b16-10+/t25-/m0/s1. The zero-order valence-electron chi connectivity index (χ0n) is 25.0. The summed E-state index contributed by atoms with van der Waals surface area (Å²) < 4.78 is 16.9. The zero-order chi connectivity index (χ0) is 31.7. The summed E-state index contributed by atoms with van der Waals surface area (Å²) >= 11 is 0. The number of fused-ring (bicyclic) bond motifs is 1. The highest BCUT2D eigenvalue weighted by molar-refractivity contribution is 5.95. The predicted molar refractivity (Wildman–Crippen MR) is 167 cm³/mol. The zero-order valence-corrected chi connectivity index (χ0v) is 25.0. The van der Waals surface area contributed by atoms with Crippen molar-refractivity contribution in [2.45, 2.75) is 38.8 Å². The van der Waals surface area contributed by atoms with Crippen molar-refractivity contribution in [1.29, 1.82) is 0 Å². The van der Waals surface area contributed by atoms with Crippen LogP contribution in [0.1, 0.15) is 42.3 Å². The van der Waals surface area contributed by atoms with Gasteiger partial charge in [0.05, 0.1) is 13.2 Å². The molecule has 0 aliphatic rings. The van der Waals surface area contributed by atoms with Crippen molar-refractivity contribution < 1.29 is 33.8 Å². The summed E-state index contributed by atoms with van der Waals surface area (Å²) in [6, 6.07) is 19.1. The van der Waals surface area contributed by atoms with Gasteiger partial charge in [0.2, 0.25) is 0 Å². The molecule has 230 valence electrons. The van der Waals surface area contributed by atoms with E-state index in [9.17, 15) is 14.4 Å². The molecule has 0 saturated carbocycles. The molecule has 1 heterocycles. The van der Waals surface area contributed by atoms with Gasteiger partial charge in [-0.25, -0.2) is 10.3 Å². The van der Waals surface area contributed by atoms with E-state index in [1.807, 2.05) is 30.5 Å². The average Bonchev–Trinajstić information content (AvgIpc) is 3.40. The minimum absolute atomic E-state index is 0.127. The molecule has 0 aliphatic heterocycles. The van der Waals surface area contributed by atoms with Gasteiger partial charge < -0.3 is 24.5 Å². The fourth-order valence-corrected chi connectivity index (χ4v) is 4.42. The summed E-state index contributed by atoms with van der Waals surface area (Å²) in [6.45, 7) is 5.46. The van der Waals surface area contributed by atoms with E-state index < -0.39 is 23.6 Å². The number of anilines is 1. The number of carbonyl (C=O) groups is 3. The van der Waals surface area contributed by atoms with Gasteiger partial charge in [-0.15, -0.1) is 0 Å². The molecule has 11 nitrogen and oxygen atoms in total. The maximum Gasteiger partial charge on any atom is 0.412 e. The van der Waals surface area contributed by atoms with E-state index in [4.69, 9.17) is 19.4 Å². The Morgan fingerprint density at radius 3 is 2.45 bits per heavy atom. The lowest BCUT2D eigenvalue weighted by Gasteiger charge is -2.21. The molecule has 4 rings (SSSR count). The van der Waals surface area contributed by atoms with E-state index in [0.29, 0.717) is 34.7 Å². The minimum atomic E-state index is -0.658. The van der Waals surface area contributed by atoms with Crippen molar-refractivity contribution in [2.24, 2.45) is 0 Å². The highest BCUT2D eigenvalue weighted by Gasteiger charge is 2.20. The van der Waals surface area contributed by atoms with Crippen LogP contribution in [0.4, 0.5) is 10.5 Å². The Morgan fingerprint density at radius 1 is 1.00 bits per heavy atom. The van der Waals surface area contributed by atoms with E-state index >= 15 is 0 Å². The molecule has 0 fully saturated rings. The van der Waals surface area contributed by atoms with E-state index in [1.165, 1.54) is 19.3 Å². The number of aromatic nitrogens is 1. The van der Waals surface area contributed by atoms with Crippen molar-refractivity contribution >= 4 is 40.6 Å². The summed E-state index contributed by atoms with van der Waals surface area (Å²) in [5.74, 6) is -0.0835. The van der Waals surface area contributed by atoms with E-state index in [0.717, 1.165) is 16.5 Å². The number of hydrogen-bond donors (Lipinski definition) is 5. The molecular formula is C33H36N4O7. The van der Waals surface area contributed by atoms with Crippen LogP contribution in [0.3, 0.4) is 0 Å². The lowest BCUT2D eigenvalue weighted by atomic mass is 10.0. The van der Waals surface area contributed by atoms with Gasteiger partial charge in [-0.3, -0.25) is 20.1 Å². The van der Waals surface area contributed by atoms with Gasteiger partial charge in [-0.1, -0.05) is 24.3 Å². The number of H-pyrrole nitrogens is 1. The Bertz CT molecular complexity index is 1640. The van der Waals surface area contributed by atoms with Crippen LogP contribution in [-0.2, 0) is 16.0 Å². The smallest absolute Gasteiger partial charge is 0.412 e. The Hall–Kier alpha value is -5.29. The van der Waals surface area contributed by atoms with Gasteiger partial charge in [0, 0.05) is 34.4 Å². The second-order valence-corrected chi connectivity index (χ2v) is 11.0. The molecule has 0 spiro atoms. The quantitative estimate of drug-likeness (QED) is 0.0871. The van der Waals surface area contributed by atoms with E-state index in [2.05, 4.69) is 15.6 Å². The highest BCUT2D eigenvalue weighted by atomic mass is 16.6. The number of carbonyl (C=O) groups excluding carboxylic acids is 3. The number of amides is 3. The van der Waals surface area contributed by atoms with Gasteiger partial charge in [0.25, 0.3) is 11.8 Å². The van der Waals surface area contributed by atoms with E-state index in [1.54, 1.807) is 68.7 Å². The molecule has 44 heavy (non-hydrogen) atoms. The summed E-state index contributed by atoms with van der Waals surface area (Å²) in [5.41, 5.74) is 4.47.